The van der Waals surface area contributed by atoms with E-state index in [0.717, 1.165) is 6.92 Å². The van der Waals surface area contributed by atoms with Gasteiger partial charge in [0.15, 0.2) is 0 Å². The predicted octanol–water partition coefficient (Wildman–Crippen LogP) is 7.39. The zero-order valence-electron chi connectivity index (χ0n) is 19.6. The highest BCUT2D eigenvalue weighted by atomic mass is 35.5. The first kappa shape index (κ1) is 28.0. The van der Waals surface area contributed by atoms with E-state index in [1.807, 2.05) is 20.8 Å². The Bertz CT molecular complexity index is 1030. The van der Waals surface area contributed by atoms with Crippen LogP contribution in [0.25, 0.3) is 0 Å². The third-order valence-corrected chi connectivity index (χ3v) is 7.01. The number of ether oxygens (including phenoxy) is 1. The number of anilines is 1. The molecule has 0 aliphatic rings. The van der Waals surface area contributed by atoms with Crippen molar-refractivity contribution in [2.45, 2.75) is 51.6 Å². The maximum atomic E-state index is 13.6. The lowest BCUT2D eigenvalue weighted by Crippen LogP contribution is -2.35. The van der Waals surface area contributed by atoms with Gasteiger partial charge in [0, 0.05) is 10.4 Å². The van der Waals surface area contributed by atoms with Crippen molar-refractivity contribution in [3.05, 3.63) is 63.6 Å². The summed E-state index contributed by atoms with van der Waals surface area (Å²) >= 11 is 12.2. The van der Waals surface area contributed by atoms with Gasteiger partial charge >= 0.3 is 12.1 Å². The number of benzene rings is 2. The summed E-state index contributed by atoms with van der Waals surface area (Å²) in [4.78, 5) is 25.2. The van der Waals surface area contributed by atoms with Crippen molar-refractivity contribution < 1.29 is 27.5 Å². The van der Waals surface area contributed by atoms with Gasteiger partial charge in [0.25, 0.3) is 0 Å². The summed E-state index contributed by atoms with van der Waals surface area (Å²) in [6, 6.07) is 10.6. The van der Waals surface area contributed by atoms with Gasteiger partial charge < -0.3 is 10.1 Å². The molecule has 3 unspecified atom stereocenters. The molecule has 2 aromatic carbocycles. The maximum Gasteiger partial charge on any atom is 0.392 e. The Kier molecular flexibility index (Phi) is 9.05. The molecule has 0 aliphatic carbocycles. The number of alkyl halides is 3. The lowest BCUT2D eigenvalue weighted by molar-refractivity contribution is -0.178. The lowest BCUT2D eigenvalue weighted by Gasteiger charge is -2.34. The van der Waals surface area contributed by atoms with E-state index < -0.39 is 35.3 Å². The first-order valence-corrected chi connectivity index (χ1v) is 11.5. The second kappa shape index (κ2) is 11.0. The molecule has 3 atom stereocenters. The van der Waals surface area contributed by atoms with Crippen molar-refractivity contribution >= 4 is 40.8 Å². The van der Waals surface area contributed by atoms with Crippen LogP contribution >= 0.6 is 23.2 Å². The SMILES string of the molecule is COC(=O)CC(C)(c1ccc(Cl)c(NC(=O)C(c2ccc(Cl)cc2)C(C)C(F)(F)F)c1)C(C)C. The molecule has 0 aliphatic heterocycles. The molecule has 1 amide bonds. The number of esters is 1. The van der Waals surface area contributed by atoms with Gasteiger partial charge in [-0.25, -0.2) is 0 Å². The summed E-state index contributed by atoms with van der Waals surface area (Å²) in [5, 5.41) is 3.08. The van der Waals surface area contributed by atoms with Crippen LogP contribution in [0.2, 0.25) is 10.0 Å². The number of methoxy groups -OCH3 is 1. The van der Waals surface area contributed by atoms with Gasteiger partial charge in [0.1, 0.15) is 0 Å². The molecule has 0 bridgehead atoms. The Labute approximate surface area is 207 Å². The van der Waals surface area contributed by atoms with Crippen LogP contribution in [-0.2, 0) is 19.7 Å². The molecule has 1 N–H and O–H groups in total. The zero-order valence-corrected chi connectivity index (χ0v) is 21.1. The molecule has 0 spiro atoms. The Morgan fingerprint density at radius 3 is 2.12 bits per heavy atom. The van der Waals surface area contributed by atoms with E-state index in [1.54, 1.807) is 18.2 Å². The molecule has 0 saturated carbocycles. The van der Waals surface area contributed by atoms with Crippen LogP contribution < -0.4 is 5.32 Å². The van der Waals surface area contributed by atoms with Gasteiger partial charge in [-0.3, -0.25) is 9.59 Å². The number of nitrogens with one attached hydrogen (secondary N) is 1. The van der Waals surface area contributed by atoms with Crippen molar-refractivity contribution in [1.82, 2.24) is 0 Å². The number of carbonyl (C=O) groups is 2. The molecule has 0 heterocycles. The molecular weight excluding hydrogens is 490 g/mol. The average Bonchev–Trinajstić information content (AvgIpc) is 2.75. The molecular formula is C25H28Cl2F3NO3. The second-order valence-electron chi connectivity index (χ2n) is 8.87. The highest BCUT2D eigenvalue weighted by Gasteiger charge is 2.45. The molecule has 0 radical (unpaired) electrons. The number of amides is 1. The molecule has 0 saturated heterocycles. The highest BCUT2D eigenvalue weighted by Crippen LogP contribution is 2.41. The molecule has 9 heteroatoms. The van der Waals surface area contributed by atoms with Gasteiger partial charge in [0.05, 0.1) is 36.1 Å². The van der Waals surface area contributed by atoms with Gasteiger partial charge in [-0.15, -0.1) is 0 Å². The average molecular weight is 518 g/mol. The molecule has 2 rings (SSSR count). The van der Waals surface area contributed by atoms with Crippen molar-refractivity contribution in [2.24, 2.45) is 11.8 Å². The number of hydrogen-bond donors (Lipinski definition) is 1. The molecule has 0 aromatic heterocycles. The molecule has 4 nitrogen and oxygen atoms in total. The molecule has 186 valence electrons. The van der Waals surface area contributed by atoms with Gasteiger partial charge in [0.2, 0.25) is 5.91 Å². The minimum absolute atomic E-state index is 0.00314. The predicted molar refractivity (Wildman–Crippen MR) is 128 cm³/mol. The van der Waals surface area contributed by atoms with Crippen LogP contribution in [0.15, 0.2) is 42.5 Å². The van der Waals surface area contributed by atoms with Crippen LogP contribution in [0.1, 0.15) is 51.2 Å². The summed E-state index contributed by atoms with van der Waals surface area (Å²) < 4.78 is 45.7. The normalized spacial score (nSPS) is 15.4. The Hall–Kier alpha value is -2.25. The summed E-state index contributed by atoms with van der Waals surface area (Å²) in [6.45, 7) is 6.73. The Balaban J connectivity index is 2.48. The Morgan fingerprint density at radius 2 is 1.62 bits per heavy atom. The molecule has 34 heavy (non-hydrogen) atoms. The fraction of sp³-hybridized carbons (Fsp3) is 0.440. The summed E-state index contributed by atoms with van der Waals surface area (Å²) in [5.41, 5.74) is 0.372. The van der Waals surface area contributed by atoms with Crippen molar-refractivity contribution in [1.29, 1.82) is 0 Å². The van der Waals surface area contributed by atoms with Crippen LogP contribution in [0, 0.1) is 11.8 Å². The summed E-state index contributed by atoms with van der Waals surface area (Å²) in [6.07, 6.45) is -4.53. The van der Waals surface area contributed by atoms with E-state index in [-0.39, 0.29) is 28.6 Å². The maximum absolute atomic E-state index is 13.6. The van der Waals surface area contributed by atoms with Crippen LogP contribution in [0.5, 0.6) is 0 Å². The van der Waals surface area contributed by atoms with E-state index in [1.165, 1.54) is 31.4 Å². The highest BCUT2D eigenvalue weighted by molar-refractivity contribution is 6.33. The number of rotatable bonds is 8. The largest absolute Gasteiger partial charge is 0.469 e. The molecule has 2 aromatic rings. The van der Waals surface area contributed by atoms with Crippen LogP contribution in [-0.4, -0.2) is 25.2 Å². The zero-order chi connectivity index (χ0) is 25.8. The molecule has 0 fully saturated rings. The standard InChI is InChI=1S/C25H28Cl2F3NO3/c1-14(2)24(4,13-21(32)34-5)17-8-11-19(27)20(12-17)31-23(33)22(15(3)25(28,29)30)16-6-9-18(26)10-7-16/h6-12,14-15,22H,13H2,1-5H3,(H,31,33). The minimum atomic E-state index is -4.61. The number of carbonyl (C=O) groups excluding carboxylic acids is 2. The van der Waals surface area contributed by atoms with Crippen LogP contribution in [0.4, 0.5) is 18.9 Å². The minimum Gasteiger partial charge on any atom is -0.469 e. The van der Waals surface area contributed by atoms with Crippen LogP contribution in [0.3, 0.4) is 0 Å². The quantitative estimate of drug-likeness (QED) is 0.371. The fourth-order valence-electron chi connectivity index (χ4n) is 3.72. The lowest BCUT2D eigenvalue weighted by atomic mass is 9.71. The fourth-order valence-corrected chi connectivity index (χ4v) is 4.02. The van der Waals surface area contributed by atoms with Gasteiger partial charge in [-0.2, -0.15) is 13.2 Å². The van der Waals surface area contributed by atoms with E-state index in [9.17, 15) is 22.8 Å². The third kappa shape index (κ3) is 6.45. The van der Waals surface area contributed by atoms with Gasteiger partial charge in [-0.05, 0) is 41.3 Å². The third-order valence-electron chi connectivity index (χ3n) is 6.43. The topological polar surface area (TPSA) is 55.4 Å². The van der Waals surface area contributed by atoms with E-state index >= 15 is 0 Å². The van der Waals surface area contributed by atoms with Gasteiger partial charge in [-0.1, -0.05) is 69.1 Å². The van der Waals surface area contributed by atoms with E-state index in [2.05, 4.69) is 5.32 Å². The summed E-state index contributed by atoms with van der Waals surface area (Å²) in [7, 11) is 1.30. The number of halogens is 5. The monoisotopic (exact) mass is 517 g/mol. The van der Waals surface area contributed by atoms with Crippen molar-refractivity contribution in [3.63, 3.8) is 0 Å². The first-order valence-electron chi connectivity index (χ1n) is 10.7. The first-order chi connectivity index (χ1) is 15.7. The number of hydrogen-bond acceptors (Lipinski definition) is 3. The van der Waals surface area contributed by atoms with Crippen molar-refractivity contribution in [2.75, 3.05) is 12.4 Å². The van der Waals surface area contributed by atoms with E-state index in [0.29, 0.717) is 10.6 Å². The summed E-state index contributed by atoms with van der Waals surface area (Å²) in [5.74, 6) is -4.74. The smallest absolute Gasteiger partial charge is 0.392 e. The van der Waals surface area contributed by atoms with E-state index in [4.69, 9.17) is 27.9 Å². The van der Waals surface area contributed by atoms with Crippen molar-refractivity contribution in [3.8, 4) is 0 Å². The Morgan fingerprint density at radius 1 is 1.03 bits per heavy atom. The second-order valence-corrected chi connectivity index (χ2v) is 9.71.